The number of fused-ring (bicyclic) bond motifs is 4. The summed E-state index contributed by atoms with van der Waals surface area (Å²) in [7, 11) is 0. The molecule has 0 saturated carbocycles. The SMILES string of the molecule is [2H]c1c([2H])c(-c2cnc(-n3c4[c-]c(Oc5[c-]c(N6[CH-]N(c7cc(C(C)(C)C)cc(C(C)(C)C)c7)c7ccccc76)ccc5)ccc4c4ccccc43)cc2C([2H])([2H])[2H])c([2H])c(C(C)(C)C)c1[2H].[Pt]. The summed E-state index contributed by atoms with van der Waals surface area (Å²) in [5.74, 6) is 1.16. The van der Waals surface area contributed by atoms with E-state index in [0.717, 1.165) is 39.0 Å². The molecule has 0 bridgehead atoms. The molecule has 0 aliphatic carbocycles. The molecule has 0 fully saturated rings. The number of hydrogen-bond donors (Lipinski definition) is 0. The number of para-hydroxylation sites is 3. The van der Waals surface area contributed by atoms with Crippen LogP contribution in [0.4, 0.5) is 22.7 Å². The van der Waals surface area contributed by atoms with Crippen LogP contribution in [-0.4, -0.2) is 9.55 Å². The van der Waals surface area contributed by atoms with Crippen molar-refractivity contribution in [1.29, 1.82) is 0 Å². The third-order valence-electron chi connectivity index (χ3n) is 11.1. The number of pyridine rings is 1. The molecule has 8 aromatic rings. The summed E-state index contributed by atoms with van der Waals surface area (Å²) in [6.07, 6.45) is 1.37. The Bertz CT molecular complexity index is 3240. The zero-order chi connectivity index (χ0) is 48.1. The molecular weight excluding hydrogens is 928 g/mol. The Morgan fingerprint density at radius 2 is 1.34 bits per heavy atom. The van der Waals surface area contributed by atoms with Crippen LogP contribution in [0.2, 0.25) is 0 Å². The maximum absolute atomic E-state index is 9.17. The first-order chi connectivity index (χ1) is 31.4. The Hall–Kier alpha value is -5.64. The Morgan fingerprint density at radius 3 is 2.05 bits per heavy atom. The minimum atomic E-state index is -2.69. The van der Waals surface area contributed by atoms with Gasteiger partial charge in [0.1, 0.15) is 5.82 Å². The molecule has 0 amide bonds. The molecular formula is C55H53N4OPt-3. The number of nitrogens with zero attached hydrogens (tertiary/aromatic N) is 4. The quantitative estimate of drug-likeness (QED) is 0.155. The van der Waals surface area contributed by atoms with Crippen LogP contribution in [0, 0.1) is 25.7 Å². The number of rotatable bonds is 6. The van der Waals surface area contributed by atoms with Crippen LogP contribution in [0.5, 0.6) is 11.5 Å². The van der Waals surface area contributed by atoms with E-state index >= 15 is 0 Å². The van der Waals surface area contributed by atoms with E-state index in [-0.39, 0.29) is 84.1 Å². The van der Waals surface area contributed by atoms with E-state index in [4.69, 9.17) is 19.3 Å². The van der Waals surface area contributed by atoms with Gasteiger partial charge >= 0.3 is 0 Å². The van der Waals surface area contributed by atoms with E-state index in [9.17, 15) is 0 Å². The van der Waals surface area contributed by atoms with Crippen LogP contribution in [0.15, 0.2) is 133 Å². The van der Waals surface area contributed by atoms with Gasteiger partial charge in [-0.1, -0.05) is 128 Å². The predicted molar refractivity (Wildman–Crippen MR) is 250 cm³/mol. The number of aromatic nitrogens is 2. The van der Waals surface area contributed by atoms with Gasteiger partial charge < -0.3 is 19.1 Å². The monoisotopic (exact) mass is 987 g/mol. The van der Waals surface area contributed by atoms with Gasteiger partial charge in [-0.05, 0) is 92.7 Å². The third-order valence-corrected chi connectivity index (χ3v) is 11.1. The maximum atomic E-state index is 9.17. The number of ether oxygens (including phenoxy) is 1. The van der Waals surface area contributed by atoms with Gasteiger partial charge in [-0.25, -0.2) is 4.98 Å². The summed E-state index contributed by atoms with van der Waals surface area (Å²) in [5.41, 5.74) is 7.13. The molecule has 3 heterocycles. The fourth-order valence-electron chi connectivity index (χ4n) is 7.67. The van der Waals surface area contributed by atoms with Crippen molar-refractivity contribution in [3.05, 3.63) is 175 Å². The maximum Gasteiger partial charge on any atom is 0.135 e. The fraction of sp³-hybridized carbons (Fsp3) is 0.236. The van der Waals surface area contributed by atoms with Crippen molar-refractivity contribution in [2.75, 3.05) is 9.80 Å². The van der Waals surface area contributed by atoms with Crippen molar-refractivity contribution in [2.24, 2.45) is 0 Å². The van der Waals surface area contributed by atoms with Crippen molar-refractivity contribution in [2.45, 2.75) is 85.4 Å². The second kappa shape index (κ2) is 15.7. The van der Waals surface area contributed by atoms with Crippen LogP contribution in [0.1, 0.15) is 94.2 Å². The largest absolute Gasteiger partial charge is 0.509 e. The van der Waals surface area contributed by atoms with E-state index in [1.807, 2.05) is 86.0 Å². The summed E-state index contributed by atoms with van der Waals surface area (Å²) < 4.78 is 69.7. The van der Waals surface area contributed by atoms with E-state index in [1.165, 1.54) is 23.4 Å². The predicted octanol–water partition coefficient (Wildman–Crippen LogP) is 14.8. The molecule has 0 saturated heterocycles. The van der Waals surface area contributed by atoms with Gasteiger partial charge in [0.15, 0.2) is 0 Å². The molecule has 0 atom stereocenters. The van der Waals surface area contributed by atoms with Crippen LogP contribution in [-0.2, 0) is 37.3 Å². The van der Waals surface area contributed by atoms with Gasteiger partial charge in [0.05, 0.1) is 5.48 Å². The van der Waals surface area contributed by atoms with Gasteiger partial charge in [0.2, 0.25) is 0 Å². The van der Waals surface area contributed by atoms with Crippen LogP contribution < -0.4 is 14.5 Å². The molecule has 6 aromatic carbocycles. The van der Waals surface area contributed by atoms with Crippen LogP contribution >= 0.6 is 0 Å². The van der Waals surface area contributed by atoms with E-state index in [2.05, 4.69) is 107 Å². The average molecular weight is 988 g/mol. The molecule has 0 radical (unpaired) electrons. The zero-order valence-corrected chi connectivity index (χ0v) is 38.3. The number of benzene rings is 6. The van der Waals surface area contributed by atoms with Crippen LogP contribution in [0.3, 0.4) is 0 Å². The molecule has 6 heteroatoms. The van der Waals surface area contributed by atoms with Gasteiger partial charge in [0, 0.05) is 71.0 Å². The molecule has 0 N–H and O–H groups in total. The number of anilines is 4. The number of hydrogen-bond acceptors (Lipinski definition) is 4. The Kier molecular flexibility index (Phi) is 8.74. The van der Waals surface area contributed by atoms with E-state index in [1.54, 1.807) is 0 Å². The fourth-order valence-corrected chi connectivity index (χ4v) is 7.67. The summed E-state index contributed by atoms with van der Waals surface area (Å²) in [6.45, 7) is 18.4. The minimum Gasteiger partial charge on any atom is -0.509 e. The van der Waals surface area contributed by atoms with E-state index < -0.39 is 12.3 Å². The molecule has 0 spiro atoms. The molecule has 1 aliphatic rings. The van der Waals surface area contributed by atoms with Gasteiger partial charge in [-0.2, -0.15) is 12.1 Å². The molecule has 5 nitrogen and oxygen atoms in total. The standard InChI is InChI=1S/C55H53N4O.Pt/c1-36-27-52(56-34-47(36)37-17-15-18-38(28-37)53(2,3)4)59-48-22-12-11-21-45(48)46-26-25-44(33-51(46)59)60-43-20-16-19-41(32-43)57-35-58(50-24-14-13-23-49(50)57)42-30-39(54(5,6)7)29-40(31-42)55(8,9)10;/h11-31,34-35H,1-10H3;/q-3;/i1D3,15D,17D,18D,28D;. The second-order valence-corrected chi connectivity index (χ2v) is 18.6. The minimum absolute atomic E-state index is 0. The average Bonchev–Trinajstić information content (AvgIpc) is 3.80. The normalized spacial score (nSPS) is 15.0. The van der Waals surface area contributed by atoms with Crippen LogP contribution in [0.25, 0.3) is 38.8 Å². The van der Waals surface area contributed by atoms with Crippen molar-refractivity contribution in [1.82, 2.24) is 9.55 Å². The Labute approximate surface area is 386 Å². The van der Waals surface area contributed by atoms with E-state index in [0.29, 0.717) is 17.0 Å². The molecule has 9 rings (SSSR count). The Morgan fingerprint density at radius 1 is 0.672 bits per heavy atom. The first-order valence-electron chi connectivity index (χ1n) is 23.9. The summed E-state index contributed by atoms with van der Waals surface area (Å²) in [5, 5.41) is 1.74. The molecule has 2 aromatic heterocycles. The molecule has 0 unspecified atom stereocenters. The first kappa shape index (κ1) is 34.0. The second-order valence-electron chi connectivity index (χ2n) is 18.6. The third kappa shape index (κ3) is 8.01. The van der Waals surface area contributed by atoms with Gasteiger partial charge in [-0.3, -0.25) is 0 Å². The van der Waals surface area contributed by atoms with Gasteiger partial charge in [-0.15, -0.1) is 48.1 Å². The smallest absolute Gasteiger partial charge is 0.135 e. The summed E-state index contributed by atoms with van der Waals surface area (Å²) in [6, 6.07) is 39.9. The summed E-state index contributed by atoms with van der Waals surface area (Å²) >= 11 is 0. The van der Waals surface area contributed by atoms with Crippen molar-refractivity contribution in [3.8, 4) is 28.4 Å². The molecule has 61 heavy (non-hydrogen) atoms. The topological polar surface area (TPSA) is 33.5 Å². The number of aryl methyl sites for hydroxylation is 1. The molecule has 1 aliphatic heterocycles. The van der Waals surface area contributed by atoms with Crippen molar-refractivity contribution in [3.63, 3.8) is 0 Å². The Balaban J connectivity index is 0.00000625. The first-order valence-corrected chi connectivity index (χ1v) is 20.4. The van der Waals surface area contributed by atoms with Crippen molar-refractivity contribution >= 4 is 44.6 Å². The zero-order valence-electron chi connectivity index (χ0n) is 43.0. The van der Waals surface area contributed by atoms with Gasteiger partial charge in [0.25, 0.3) is 0 Å². The summed E-state index contributed by atoms with van der Waals surface area (Å²) in [4.78, 5) is 9.16. The van der Waals surface area contributed by atoms with Crippen molar-refractivity contribution < 1.29 is 35.4 Å². The molecule has 312 valence electrons.